The summed E-state index contributed by atoms with van der Waals surface area (Å²) in [4.78, 5) is 12.5. The first-order valence-electron chi connectivity index (χ1n) is 5.37. The van der Waals surface area contributed by atoms with Gasteiger partial charge in [-0.05, 0) is 31.2 Å². The quantitative estimate of drug-likeness (QED) is 0.620. The molecule has 0 aliphatic rings. The molecule has 0 spiro atoms. The molecule has 0 saturated carbocycles. The van der Waals surface area contributed by atoms with Crippen molar-refractivity contribution < 1.29 is 9.53 Å². The zero-order valence-corrected chi connectivity index (χ0v) is 12.0. The van der Waals surface area contributed by atoms with Crippen LogP contribution in [0.3, 0.4) is 0 Å². The molecule has 3 nitrogen and oxygen atoms in total. The number of hydrogen-bond acceptors (Lipinski definition) is 5. The Bertz CT molecular complexity index is 357. The van der Waals surface area contributed by atoms with Gasteiger partial charge in [-0.15, -0.1) is 11.3 Å². The van der Waals surface area contributed by atoms with E-state index in [4.69, 9.17) is 22.1 Å². The lowest BCUT2D eigenvalue weighted by atomic mass is 10.2. The van der Waals surface area contributed by atoms with Crippen LogP contribution in [0, 0.1) is 0 Å². The van der Waals surface area contributed by atoms with Gasteiger partial charge in [0.25, 0.3) is 0 Å². The highest BCUT2D eigenvalue weighted by Gasteiger charge is 2.13. The van der Waals surface area contributed by atoms with Crippen LogP contribution in [0.4, 0.5) is 0 Å². The van der Waals surface area contributed by atoms with Crippen molar-refractivity contribution in [3.8, 4) is 0 Å². The maximum atomic E-state index is 11.2. The van der Waals surface area contributed by atoms with E-state index in [1.807, 2.05) is 12.1 Å². The predicted molar refractivity (Wildman–Crippen MR) is 74.7 cm³/mol. The molecule has 0 fully saturated rings. The number of ether oxygens (including phenoxy) is 1. The first-order valence-corrected chi connectivity index (χ1v) is 7.72. The molecule has 0 aliphatic heterocycles. The zero-order valence-electron chi connectivity index (χ0n) is 9.65. The molecule has 1 atom stereocenters. The van der Waals surface area contributed by atoms with Gasteiger partial charge in [0.2, 0.25) is 0 Å². The molecule has 2 N–H and O–H groups in total. The number of rotatable bonds is 7. The summed E-state index contributed by atoms with van der Waals surface area (Å²) in [7, 11) is 0. The van der Waals surface area contributed by atoms with Crippen LogP contribution in [-0.4, -0.2) is 24.4 Å². The smallest absolute Gasteiger partial charge is 0.322 e. The summed E-state index contributed by atoms with van der Waals surface area (Å²) in [5, 5.41) is 0. The van der Waals surface area contributed by atoms with Crippen molar-refractivity contribution in [2.45, 2.75) is 25.1 Å². The van der Waals surface area contributed by atoms with Gasteiger partial charge in [-0.3, -0.25) is 4.79 Å². The fraction of sp³-hybridized carbons (Fsp3) is 0.545. The average Bonchev–Trinajstić information content (AvgIpc) is 2.70. The summed E-state index contributed by atoms with van der Waals surface area (Å²) >= 11 is 9.16. The van der Waals surface area contributed by atoms with Gasteiger partial charge in [0.15, 0.2) is 0 Å². The van der Waals surface area contributed by atoms with E-state index in [2.05, 4.69) is 0 Å². The number of nitrogens with two attached hydrogens (primary N) is 1. The maximum Gasteiger partial charge on any atom is 0.322 e. The van der Waals surface area contributed by atoms with Crippen LogP contribution < -0.4 is 5.73 Å². The first-order chi connectivity index (χ1) is 8.13. The molecule has 6 heteroatoms. The number of esters is 1. The van der Waals surface area contributed by atoms with Gasteiger partial charge < -0.3 is 10.5 Å². The maximum absolute atomic E-state index is 11.2. The number of thioether (sulfide) groups is 1. The molecule has 1 unspecified atom stereocenters. The minimum Gasteiger partial charge on any atom is -0.465 e. The Labute approximate surface area is 115 Å². The molecular formula is C11H16ClNO2S2. The van der Waals surface area contributed by atoms with Gasteiger partial charge in [0.1, 0.15) is 6.04 Å². The molecule has 0 aliphatic carbocycles. The van der Waals surface area contributed by atoms with Gasteiger partial charge in [-0.2, -0.15) is 11.8 Å². The Morgan fingerprint density at radius 3 is 3.00 bits per heavy atom. The van der Waals surface area contributed by atoms with Gasteiger partial charge in [-0.25, -0.2) is 0 Å². The first kappa shape index (κ1) is 14.8. The lowest BCUT2D eigenvalue weighted by Gasteiger charge is -2.09. The Morgan fingerprint density at radius 1 is 1.65 bits per heavy atom. The van der Waals surface area contributed by atoms with E-state index >= 15 is 0 Å². The van der Waals surface area contributed by atoms with E-state index < -0.39 is 6.04 Å². The third-order valence-corrected chi connectivity index (χ3v) is 4.49. The molecule has 1 rings (SSSR count). The Kier molecular flexibility index (Phi) is 6.96. The van der Waals surface area contributed by atoms with E-state index in [0.717, 1.165) is 15.8 Å². The fourth-order valence-electron chi connectivity index (χ4n) is 1.18. The summed E-state index contributed by atoms with van der Waals surface area (Å²) in [5.41, 5.74) is 5.68. The van der Waals surface area contributed by atoms with Gasteiger partial charge in [0.05, 0.1) is 10.9 Å². The number of thiophene rings is 1. The second kappa shape index (κ2) is 7.97. The van der Waals surface area contributed by atoms with Gasteiger partial charge >= 0.3 is 5.97 Å². The molecule has 96 valence electrons. The average molecular weight is 294 g/mol. The molecule has 0 bridgehead atoms. The monoisotopic (exact) mass is 293 g/mol. The van der Waals surface area contributed by atoms with E-state index in [-0.39, 0.29) is 5.97 Å². The van der Waals surface area contributed by atoms with Crippen molar-refractivity contribution in [1.29, 1.82) is 0 Å². The molecule has 0 aromatic carbocycles. The van der Waals surface area contributed by atoms with Crippen molar-refractivity contribution in [3.63, 3.8) is 0 Å². The standard InChI is InChI=1S/C11H16ClNO2S2/c1-2-15-11(14)9(13)5-6-16-7-8-3-4-10(12)17-8/h3-4,9H,2,5-7,13H2,1H3. The highest BCUT2D eigenvalue weighted by atomic mass is 35.5. The summed E-state index contributed by atoms with van der Waals surface area (Å²) in [6.07, 6.45) is 0.641. The Hall–Kier alpha value is -0.230. The summed E-state index contributed by atoms with van der Waals surface area (Å²) < 4.78 is 5.64. The summed E-state index contributed by atoms with van der Waals surface area (Å²) in [6.45, 7) is 2.16. The molecule has 1 aromatic rings. The zero-order chi connectivity index (χ0) is 12.7. The molecular weight excluding hydrogens is 278 g/mol. The van der Waals surface area contributed by atoms with Crippen LogP contribution in [0.2, 0.25) is 4.34 Å². The van der Waals surface area contributed by atoms with Crippen LogP contribution in [0.25, 0.3) is 0 Å². The van der Waals surface area contributed by atoms with E-state index in [9.17, 15) is 4.79 Å². The Balaban J connectivity index is 2.13. The second-order valence-corrected chi connectivity index (χ2v) is 6.31. The molecule has 1 heterocycles. The molecule has 1 aromatic heterocycles. The fourth-order valence-corrected chi connectivity index (χ4v) is 3.41. The largest absolute Gasteiger partial charge is 0.465 e. The van der Waals surface area contributed by atoms with Crippen molar-refractivity contribution in [2.24, 2.45) is 5.73 Å². The van der Waals surface area contributed by atoms with Crippen molar-refractivity contribution in [2.75, 3.05) is 12.4 Å². The molecule has 17 heavy (non-hydrogen) atoms. The number of halogens is 1. The van der Waals surface area contributed by atoms with Crippen LogP contribution in [-0.2, 0) is 15.3 Å². The lowest BCUT2D eigenvalue weighted by molar-refractivity contribution is -0.144. The third kappa shape index (κ3) is 5.77. The van der Waals surface area contributed by atoms with Gasteiger partial charge in [0, 0.05) is 10.6 Å². The molecule has 0 radical (unpaired) electrons. The molecule has 0 amide bonds. The summed E-state index contributed by atoms with van der Waals surface area (Å²) in [6, 6.07) is 3.41. The number of hydrogen-bond donors (Lipinski definition) is 1. The predicted octanol–water partition coefficient (Wildman–Crippen LogP) is 2.92. The van der Waals surface area contributed by atoms with Crippen molar-refractivity contribution >= 4 is 40.7 Å². The van der Waals surface area contributed by atoms with Crippen LogP contribution in [0.1, 0.15) is 18.2 Å². The number of carbonyl (C=O) groups excluding carboxylic acids is 1. The highest BCUT2D eigenvalue weighted by molar-refractivity contribution is 7.98. The minimum absolute atomic E-state index is 0.313. The normalized spacial score (nSPS) is 12.4. The topological polar surface area (TPSA) is 52.3 Å². The third-order valence-electron chi connectivity index (χ3n) is 2.04. The minimum atomic E-state index is -0.505. The van der Waals surface area contributed by atoms with Gasteiger partial charge in [-0.1, -0.05) is 11.6 Å². The van der Waals surface area contributed by atoms with E-state index in [1.165, 1.54) is 4.88 Å². The molecule has 0 saturated heterocycles. The van der Waals surface area contributed by atoms with Crippen molar-refractivity contribution in [3.05, 3.63) is 21.3 Å². The van der Waals surface area contributed by atoms with Crippen LogP contribution in [0.5, 0.6) is 0 Å². The highest BCUT2D eigenvalue weighted by Crippen LogP contribution is 2.25. The van der Waals surface area contributed by atoms with Crippen molar-refractivity contribution in [1.82, 2.24) is 0 Å². The Morgan fingerprint density at radius 2 is 2.41 bits per heavy atom. The SMILES string of the molecule is CCOC(=O)C(N)CCSCc1ccc(Cl)s1. The van der Waals surface area contributed by atoms with E-state index in [1.54, 1.807) is 30.0 Å². The lowest BCUT2D eigenvalue weighted by Crippen LogP contribution is -2.32. The van der Waals surface area contributed by atoms with Crippen LogP contribution >= 0.6 is 34.7 Å². The second-order valence-electron chi connectivity index (χ2n) is 3.41. The summed E-state index contributed by atoms with van der Waals surface area (Å²) in [5.74, 6) is 1.44. The van der Waals surface area contributed by atoms with Crippen LogP contribution in [0.15, 0.2) is 12.1 Å². The van der Waals surface area contributed by atoms with E-state index in [0.29, 0.717) is 13.0 Å². The number of carbonyl (C=O) groups is 1.